The molecule has 1 rings (SSSR count). The second-order valence-electron chi connectivity index (χ2n) is 3.61. The van der Waals surface area contributed by atoms with Crippen molar-refractivity contribution in [3.63, 3.8) is 0 Å². The molecule has 0 bridgehead atoms. The van der Waals surface area contributed by atoms with Gasteiger partial charge in [0.2, 0.25) is 0 Å². The van der Waals surface area contributed by atoms with Crippen LogP contribution >= 0.6 is 0 Å². The minimum absolute atomic E-state index is 0.137. The first-order valence-electron chi connectivity index (χ1n) is 5.40. The molecule has 1 aromatic heterocycles. The van der Waals surface area contributed by atoms with E-state index in [1.807, 2.05) is 6.07 Å². The number of alkyl halides is 2. The predicted octanol–water partition coefficient (Wildman–Crippen LogP) is 1.18. The summed E-state index contributed by atoms with van der Waals surface area (Å²) in [7, 11) is 1.73. The Balaban J connectivity index is 2.70. The van der Waals surface area contributed by atoms with Gasteiger partial charge in [-0.15, -0.1) is 0 Å². The van der Waals surface area contributed by atoms with Gasteiger partial charge in [0.25, 0.3) is 6.43 Å². The standard InChI is InChI=1S/C11H17F2N3O/c1-14-11-9(3-2-4-15-11)7-16(5-6-17)8-10(12)13/h2-4,10,17H,5-8H2,1H3,(H,14,15). The molecule has 0 radical (unpaired) electrons. The highest BCUT2D eigenvalue weighted by Gasteiger charge is 2.13. The van der Waals surface area contributed by atoms with Gasteiger partial charge < -0.3 is 10.4 Å². The number of anilines is 1. The molecule has 0 aromatic carbocycles. The molecule has 0 amide bonds. The molecule has 0 atom stereocenters. The first-order chi connectivity index (χ1) is 8.17. The van der Waals surface area contributed by atoms with E-state index in [1.54, 1.807) is 19.3 Å². The summed E-state index contributed by atoms with van der Waals surface area (Å²) in [4.78, 5) is 5.60. The quantitative estimate of drug-likeness (QED) is 0.757. The van der Waals surface area contributed by atoms with Gasteiger partial charge in [0.15, 0.2) is 0 Å². The van der Waals surface area contributed by atoms with Gasteiger partial charge in [-0.05, 0) is 6.07 Å². The number of hydrogen-bond acceptors (Lipinski definition) is 4. The zero-order valence-corrected chi connectivity index (χ0v) is 9.74. The predicted molar refractivity (Wildman–Crippen MR) is 62.2 cm³/mol. The average Bonchev–Trinajstić information content (AvgIpc) is 2.29. The number of pyridine rings is 1. The van der Waals surface area contributed by atoms with Gasteiger partial charge in [0, 0.05) is 31.9 Å². The Labute approximate surface area is 99.3 Å². The van der Waals surface area contributed by atoms with Gasteiger partial charge in [0.1, 0.15) is 5.82 Å². The maximum absolute atomic E-state index is 12.3. The van der Waals surface area contributed by atoms with E-state index in [0.29, 0.717) is 12.4 Å². The van der Waals surface area contributed by atoms with Crippen LogP contribution in [0, 0.1) is 0 Å². The molecular weight excluding hydrogens is 228 g/mol. The number of hydrogen-bond donors (Lipinski definition) is 2. The zero-order chi connectivity index (χ0) is 12.7. The van der Waals surface area contributed by atoms with E-state index in [-0.39, 0.29) is 19.7 Å². The Hall–Kier alpha value is -1.27. The van der Waals surface area contributed by atoms with Crippen LogP contribution < -0.4 is 5.32 Å². The van der Waals surface area contributed by atoms with Crippen molar-refractivity contribution in [2.24, 2.45) is 0 Å². The van der Waals surface area contributed by atoms with Gasteiger partial charge in [-0.25, -0.2) is 13.8 Å². The summed E-state index contributed by atoms with van der Waals surface area (Å²) >= 11 is 0. The number of halogens is 2. The highest BCUT2D eigenvalue weighted by molar-refractivity contribution is 5.42. The van der Waals surface area contributed by atoms with E-state index in [1.165, 1.54) is 4.90 Å². The summed E-state index contributed by atoms with van der Waals surface area (Å²) in [6.07, 6.45) is -0.769. The lowest BCUT2D eigenvalue weighted by Crippen LogP contribution is -2.31. The summed E-state index contributed by atoms with van der Waals surface area (Å²) in [6, 6.07) is 3.59. The summed E-state index contributed by atoms with van der Waals surface area (Å²) in [5.74, 6) is 0.671. The van der Waals surface area contributed by atoms with Crippen molar-refractivity contribution >= 4 is 5.82 Å². The Bertz CT molecular complexity index is 336. The molecule has 1 aromatic rings. The molecule has 96 valence electrons. The van der Waals surface area contributed by atoms with Gasteiger partial charge in [0.05, 0.1) is 13.2 Å². The van der Waals surface area contributed by atoms with Crippen LogP contribution in [0.2, 0.25) is 0 Å². The Morgan fingerprint density at radius 2 is 2.29 bits per heavy atom. The second-order valence-corrected chi connectivity index (χ2v) is 3.61. The van der Waals surface area contributed by atoms with Crippen molar-refractivity contribution in [3.05, 3.63) is 23.9 Å². The van der Waals surface area contributed by atoms with Crippen LogP contribution in [0.15, 0.2) is 18.3 Å². The first-order valence-corrected chi connectivity index (χ1v) is 5.40. The Morgan fingerprint density at radius 1 is 1.53 bits per heavy atom. The van der Waals surface area contributed by atoms with Gasteiger partial charge in [-0.1, -0.05) is 6.07 Å². The maximum atomic E-state index is 12.3. The van der Waals surface area contributed by atoms with Crippen LogP contribution in [0.5, 0.6) is 0 Å². The average molecular weight is 245 g/mol. The monoisotopic (exact) mass is 245 g/mol. The third-order valence-corrected chi connectivity index (χ3v) is 2.33. The van der Waals surface area contributed by atoms with Crippen LogP contribution in [0.1, 0.15) is 5.56 Å². The fourth-order valence-corrected chi connectivity index (χ4v) is 1.60. The molecule has 0 saturated carbocycles. The van der Waals surface area contributed by atoms with E-state index in [2.05, 4.69) is 10.3 Å². The van der Waals surface area contributed by atoms with Crippen molar-refractivity contribution in [3.8, 4) is 0 Å². The third kappa shape index (κ3) is 4.62. The molecule has 0 spiro atoms. The van der Waals surface area contributed by atoms with Crippen molar-refractivity contribution < 1.29 is 13.9 Å². The molecule has 1 heterocycles. The van der Waals surface area contributed by atoms with E-state index in [0.717, 1.165) is 5.56 Å². The molecule has 2 N–H and O–H groups in total. The highest BCUT2D eigenvalue weighted by Crippen LogP contribution is 2.14. The third-order valence-electron chi connectivity index (χ3n) is 2.33. The lowest BCUT2D eigenvalue weighted by molar-refractivity contribution is 0.0747. The fraction of sp³-hybridized carbons (Fsp3) is 0.545. The van der Waals surface area contributed by atoms with E-state index in [9.17, 15) is 8.78 Å². The summed E-state index contributed by atoms with van der Waals surface area (Å²) in [5, 5.41) is 11.7. The van der Waals surface area contributed by atoms with Crippen molar-refractivity contribution in [2.45, 2.75) is 13.0 Å². The minimum Gasteiger partial charge on any atom is -0.395 e. The second kappa shape index (κ2) is 7.13. The van der Waals surface area contributed by atoms with Crippen LogP contribution in [0.3, 0.4) is 0 Å². The number of nitrogens with one attached hydrogen (secondary N) is 1. The van der Waals surface area contributed by atoms with Crippen LogP contribution in [-0.4, -0.2) is 48.2 Å². The van der Waals surface area contributed by atoms with Crippen molar-refractivity contribution in [2.75, 3.05) is 32.1 Å². The largest absolute Gasteiger partial charge is 0.395 e. The molecule has 0 aliphatic rings. The zero-order valence-electron chi connectivity index (χ0n) is 9.74. The number of nitrogens with zero attached hydrogens (tertiary/aromatic N) is 2. The van der Waals surface area contributed by atoms with Crippen LogP contribution in [0.4, 0.5) is 14.6 Å². The molecule has 0 fully saturated rings. The highest BCUT2D eigenvalue weighted by atomic mass is 19.3. The van der Waals surface area contributed by atoms with Crippen molar-refractivity contribution in [1.29, 1.82) is 0 Å². The Kier molecular flexibility index (Phi) is 5.79. The van der Waals surface area contributed by atoms with Gasteiger partial charge >= 0.3 is 0 Å². The number of aliphatic hydroxyl groups is 1. The summed E-state index contributed by atoms with van der Waals surface area (Å²) in [5.41, 5.74) is 0.837. The number of aromatic nitrogens is 1. The normalized spacial score (nSPS) is 11.2. The number of aliphatic hydroxyl groups excluding tert-OH is 1. The molecule has 0 unspecified atom stereocenters. The topological polar surface area (TPSA) is 48.4 Å². The molecular formula is C11H17F2N3O. The number of rotatable bonds is 7. The lowest BCUT2D eigenvalue weighted by atomic mass is 10.2. The fourth-order valence-electron chi connectivity index (χ4n) is 1.60. The van der Waals surface area contributed by atoms with E-state index < -0.39 is 6.43 Å². The van der Waals surface area contributed by atoms with Crippen LogP contribution in [-0.2, 0) is 6.54 Å². The van der Waals surface area contributed by atoms with E-state index in [4.69, 9.17) is 5.11 Å². The molecule has 0 aliphatic heterocycles. The maximum Gasteiger partial charge on any atom is 0.251 e. The Morgan fingerprint density at radius 3 is 2.88 bits per heavy atom. The molecule has 0 aliphatic carbocycles. The first kappa shape index (κ1) is 13.8. The summed E-state index contributed by atoms with van der Waals surface area (Å²) < 4.78 is 24.7. The van der Waals surface area contributed by atoms with Gasteiger partial charge in [-0.3, -0.25) is 4.90 Å². The molecule has 6 heteroatoms. The lowest BCUT2D eigenvalue weighted by Gasteiger charge is -2.21. The SMILES string of the molecule is CNc1ncccc1CN(CCO)CC(F)F. The van der Waals surface area contributed by atoms with E-state index >= 15 is 0 Å². The van der Waals surface area contributed by atoms with Crippen LogP contribution in [0.25, 0.3) is 0 Å². The molecule has 17 heavy (non-hydrogen) atoms. The minimum atomic E-state index is -2.41. The molecule has 0 saturated heterocycles. The smallest absolute Gasteiger partial charge is 0.251 e. The molecule has 4 nitrogen and oxygen atoms in total. The van der Waals surface area contributed by atoms with Gasteiger partial charge in [-0.2, -0.15) is 0 Å². The van der Waals surface area contributed by atoms with Crippen molar-refractivity contribution in [1.82, 2.24) is 9.88 Å². The summed E-state index contributed by atoms with van der Waals surface area (Å²) in [6.45, 7) is 0.0811.